The average molecular weight is 362 g/mol. The van der Waals surface area contributed by atoms with E-state index in [1.807, 2.05) is 6.07 Å². The summed E-state index contributed by atoms with van der Waals surface area (Å²) < 4.78 is 41.3. The molecule has 1 aliphatic carbocycles. The van der Waals surface area contributed by atoms with Crippen molar-refractivity contribution in [3.8, 4) is 0 Å². The van der Waals surface area contributed by atoms with E-state index in [-0.39, 0.29) is 11.7 Å². The minimum absolute atomic E-state index is 0.143. The molecule has 1 N–H and O–H groups in total. The highest BCUT2D eigenvalue weighted by Crippen LogP contribution is 2.40. The summed E-state index contributed by atoms with van der Waals surface area (Å²) in [5.74, 6) is -2.71. The van der Waals surface area contributed by atoms with Crippen LogP contribution in [0.25, 0.3) is 0 Å². The number of hydrogen-bond acceptors (Lipinski definition) is 2. The van der Waals surface area contributed by atoms with Crippen LogP contribution in [0.15, 0.2) is 22.0 Å². The normalized spacial score (nSPS) is 17.9. The predicted octanol–water partition coefficient (Wildman–Crippen LogP) is 5.42. The molecular formula is C14H11BrF3NS. The number of benzene rings is 1. The highest BCUT2D eigenvalue weighted by molar-refractivity contribution is 9.11. The summed E-state index contributed by atoms with van der Waals surface area (Å²) in [6.07, 6.45) is 2.74. The molecule has 1 atom stereocenters. The van der Waals surface area contributed by atoms with Crippen LogP contribution in [0.3, 0.4) is 0 Å². The predicted molar refractivity (Wildman–Crippen MR) is 77.6 cm³/mol. The van der Waals surface area contributed by atoms with Crippen LogP contribution in [-0.4, -0.2) is 0 Å². The summed E-state index contributed by atoms with van der Waals surface area (Å²) >= 11 is 5.08. The van der Waals surface area contributed by atoms with Crippen molar-refractivity contribution in [3.05, 3.63) is 49.9 Å². The molecule has 3 rings (SSSR count). The first kappa shape index (κ1) is 13.9. The molecule has 1 nitrogen and oxygen atoms in total. The van der Waals surface area contributed by atoms with Crippen molar-refractivity contribution in [2.24, 2.45) is 0 Å². The third kappa shape index (κ3) is 2.59. The SMILES string of the molecule is Fc1cc(F)c(NC2CCCc3sc(Br)cc32)c(F)c1. The van der Waals surface area contributed by atoms with Crippen LogP contribution >= 0.6 is 27.3 Å². The fourth-order valence-corrected chi connectivity index (χ4v) is 4.35. The molecule has 0 radical (unpaired) electrons. The molecule has 20 heavy (non-hydrogen) atoms. The van der Waals surface area contributed by atoms with Gasteiger partial charge >= 0.3 is 0 Å². The molecule has 1 unspecified atom stereocenters. The van der Waals surface area contributed by atoms with Crippen molar-refractivity contribution in [2.45, 2.75) is 25.3 Å². The standard InChI is InChI=1S/C14H11BrF3NS/c15-13-6-8-11(2-1-3-12(8)20-13)19-14-9(17)4-7(16)5-10(14)18/h4-6,11,19H,1-3H2. The van der Waals surface area contributed by atoms with Gasteiger partial charge in [-0.2, -0.15) is 0 Å². The molecule has 1 heterocycles. The molecule has 1 aliphatic rings. The second-order valence-corrected chi connectivity index (χ2v) is 7.28. The third-order valence-electron chi connectivity index (χ3n) is 3.41. The van der Waals surface area contributed by atoms with Crippen molar-refractivity contribution < 1.29 is 13.2 Å². The number of halogens is 4. The third-order valence-corrected chi connectivity index (χ3v) is 5.12. The van der Waals surface area contributed by atoms with Gasteiger partial charge in [-0.05, 0) is 46.8 Å². The Morgan fingerprint density at radius 2 is 1.85 bits per heavy atom. The van der Waals surface area contributed by atoms with Crippen LogP contribution in [0.4, 0.5) is 18.9 Å². The lowest BCUT2D eigenvalue weighted by molar-refractivity contribution is 0.537. The molecule has 0 spiro atoms. The zero-order chi connectivity index (χ0) is 14.3. The van der Waals surface area contributed by atoms with E-state index in [2.05, 4.69) is 21.2 Å². The van der Waals surface area contributed by atoms with E-state index in [9.17, 15) is 13.2 Å². The van der Waals surface area contributed by atoms with E-state index >= 15 is 0 Å². The zero-order valence-corrected chi connectivity index (χ0v) is 12.8. The van der Waals surface area contributed by atoms with E-state index in [4.69, 9.17) is 0 Å². The Kier molecular flexibility index (Phi) is 3.77. The molecule has 0 fully saturated rings. The number of thiophene rings is 1. The number of rotatable bonds is 2. The highest BCUT2D eigenvalue weighted by atomic mass is 79.9. The summed E-state index contributed by atoms with van der Waals surface area (Å²) in [7, 11) is 0. The maximum absolute atomic E-state index is 13.7. The Balaban J connectivity index is 1.93. The molecule has 6 heteroatoms. The average Bonchev–Trinajstić information content (AvgIpc) is 2.74. The topological polar surface area (TPSA) is 12.0 Å². The van der Waals surface area contributed by atoms with Gasteiger partial charge in [0.1, 0.15) is 11.5 Å². The lowest BCUT2D eigenvalue weighted by Crippen LogP contribution is -2.17. The first-order valence-corrected chi connectivity index (χ1v) is 7.84. The lowest BCUT2D eigenvalue weighted by Gasteiger charge is -2.25. The Labute approximate surface area is 126 Å². The molecule has 0 amide bonds. The smallest absolute Gasteiger partial charge is 0.152 e. The van der Waals surface area contributed by atoms with Crippen LogP contribution < -0.4 is 5.32 Å². The monoisotopic (exact) mass is 361 g/mol. The molecule has 0 saturated carbocycles. The molecule has 2 aromatic rings. The molecule has 1 aromatic heterocycles. The Morgan fingerprint density at radius 1 is 1.15 bits per heavy atom. The molecule has 1 aromatic carbocycles. The zero-order valence-electron chi connectivity index (χ0n) is 10.4. The van der Waals surface area contributed by atoms with Gasteiger partial charge < -0.3 is 5.32 Å². The van der Waals surface area contributed by atoms with E-state index in [1.54, 1.807) is 11.3 Å². The molecule has 106 valence electrons. The minimum atomic E-state index is -0.909. The van der Waals surface area contributed by atoms with Gasteiger partial charge in [0.25, 0.3) is 0 Å². The summed E-state index contributed by atoms with van der Waals surface area (Å²) in [4.78, 5) is 1.23. The van der Waals surface area contributed by atoms with Crippen molar-refractivity contribution in [2.75, 3.05) is 5.32 Å². The Morgan fingerprint density at radius 3 is 2.55 bits per heavy atom. The van der Waals surface area contributed by atoms with Gasteiger partial charge in [0.15, 0.2) is 11.6 Å². The number of hydrogen-bond donors (Lipinski definition) is 1. The van der Waals surface area contributed by atoms with Gasteiger partial charge in [0.2, 0.25) is 0 Å². The minimum Gasteiger partial charge on any atom is -0.373 e. The van der Waals surface area contributed by atoms with E-state index in [1.165, 1.54) is 4.88 Å². The second-order valence-electron chi connectivity index (χ2n) is 4.76. The second kappa shape index (κ2) is 5.41. The molecular weight excluding hydrogens is 351 g/mol. The van der Waals surface area contributed by atoms with E-state index in [0.717, 1.165) is 28.6 Å². The van der Waals surface area contributed by atoms with Crippen LogP contribution in [0.5, 0.6) is 0 Å². The van der Waals surface area contributed by atoms with Gasteiger partial charge in [-0.1, -0.05) is 0 Å². The molecule has 0 saturated heterocycles. The summed E-state index contributed by atoms with van der Waals surface area (Å²) in [5.41, 5.74) is 0.808. The van der Waals surface area contributed by atoms with Gasteiger partial charge in [0, 0.05) is 17.0 Å². The fourth-order valence-electron chi connectivity index (χ4n) is 2.53. The van der Waals surface area contributed by atoms with Gasteiger partial charge in [-0.15, -0.1) is 11.3 Å². The number of fused-ring (bicyclic) bond motifs is 1. The molecule has 0 bridgehead atoms. The van der Waals surface area contributed by atoms with Crippen LogP contribution in [0, 0.1) is 17.5 Å². The number of anilines is 1. The first-order chi connectivity index (χ1) is 9.54. The fraction of sp³-hybridized carbons (Fsp3) is 0.286. The van der Waals surface area contributed by atoms with Crippen LogP contribution in [0.1, 0.15) is 29.3 Å². The Hall–Kier alpha value is -1.01. The first-order valence-electron chi connectivity index (χ1n) is 6.24. The summed E-state index contributed by atoms with van der Waals surface area (Å²) in [6.45, 7) is 0. The lowest BCUT2D eigenvalue weighted by atomic mass is 9.94. The van der Waals surface area contributed by atoms with Crippen molar-refractivity contribution in [1.29, 1.82) is 0 Å². The highest BCUT2D eigenvalue weighted by Gasteiger charge is 2.24. The van der Waals surface area contributed by atoms with Crippen LogP contribution in [-0.2, 0) is 6.42 Å². The van der Waals surface area contributed by atoms with Crippen molar-refractivity contribution in [3.63, 3.8) is 0 Å². The largest absolute Gasteiger partial charge is 0.373 e. The van der Waals surface area contributed by atoms with Gasteiger partial charge in [-0.3, -0.25) is 0 Å². The maximum Gasteiger partial charge on any atom is 0.152 e. The molecule has 0 aliphatic heterocycles. The quantitative estimate of drug-likeness (QED) is 0.753. The van der Waals surface area contributed by atoms with Gasteiger partial charge in [-0.25, -0.2) is 13.2 Å². The van der Waals surface area contributed by atoms with Crippen LogP contribution in [0.2, 0.25) is 0 Å². The summed E-state index contributed by atoms with van der Waals surface area (Å²) in [5, 5.41) is 2.88. The summed E-state index contributed by atoms with van der Waals surface area (Å²) in [6, 6.07) is 3.23. The number of aryl methyl sites for hydroxylation is 1. The Bertz CT molecular complexity index is 633. The van der Waals surface area contributed by atoms with Gasteiger partial charge in [0.05, 0.1) is 9.83 Å². The number of nitrogens with one attached hydrogen (secondary N) is 1. The van der Waals surface area contributed by atoms with E-state index < -0.39 is 17.5 Å². The van der Waals surface area contributed by atoms with Crippen molar-refractivity contribution >= 4 is 33.0 Å². The van der Waals surface area contributed by atoms with Crippen molar-refractivity contribution in [1.82, 2.24) is 0 Å². The van der Waals surface area contributed by atoms with E-state index in [0.29, 0.717) is 12.1 Å². The maximum atomic E-state index is 13.7.